The van der Waals surface area contributed by atoms with E-state index in [1.165, 1.54) is 6.07 Å². The number of nitrogens with zero attached hydrogens (tertiary/aromatic N) is 1. The lowest BCUT2D eigenvalue weighted by Gasteiger charge is -2.07. The van der Waals surface area contributed by atoms with E-state index in [0.717, 1.165) is 13.0 Å². The van der Waals surface area contributed by atoms with Gasteiger partial charge in [-0.05, 0) is 13.0 Å². The average molecular weight is 229 g/mol. The summed E-state index contributed by atoms with van der Waals surface area (Å²) >= 11 is 0. The number of benzene rings is 1. The molecular weight excluding hydrogens is 223 g/mol. The summed E-state index contributed by atoms with van der Waals surface area (Å²) in [6.07, 6.45) is 0. The molecule has 3 nitrogen and oxygen atoms in total. The molecule has 0 bridgehead atoms. The Labute approximate surface area is 89.1 Å². The van der Waals surface area contributed by atoms with Crippen molar-refractivity contribution in [2.45, 2.75) is 13.5 Å². The first-order chi connectivity index (χ1) is 7.45. The Morgan fingerprint density at radius 3 is 2.56 bits per heavy atom. The fraction of sp³-hybridized carbons (Fsp3) is 0.200. The number of nitriles is 1. The van der Waals surface area contributed by atoms with E-state index in [0.29, 0.717) is 6.07 Å². The molecule has 0 fully saturated rings. The van der Waals surface area contributed by atoms with Crippen molar-refractivity contribution in [3.05, 3.63) is 29.1 Å². The first-order valence-electron chi connectivity index (χ1n) is 4.15. The van der Waals surface area contributed by atoms with E-state index >= 15 is 0 Å². The highest BCUT2D eigenvalue weighted by Crippen LogP contribution is 2.23. The van der Waals surface area contributed by atoms with Crippen molar-refractivity contribution in [1.82, 2.24) is 0 Å². The molecule has 0 aliphatic carbocycles. The minimum Gasteiger partial charge on any atom is -0.435 e. The number of alkyl halides is 2. The molecule has 84 valence electrons. The van der Waals surface area contributed by atoms with Gasteiger partial charge < -0.3 is 4.74 Å². The molecule has 0 amide bonds. The molecule has 0 saturated carbocycles. The molecule has 0 aromatic heterocycles. The molecule has 6 heteroatoms. The van der Waals surface area contributed by atoms with Crippen LogP contribution in [0.15, 0.2) is 12.1 Å². The Hall–Kier alpha value is -2.03. The summed E-state index contributed by atoms with van der Waals surface area (Å²) in [6, 6.07) is 3.04. The predicted molar refractivity (Wildman–Crippen MR) is 47.8 cm³/mol. The van der Waals surface area contributed by atoms with Gasteiger partial charge in [-0.25, -0.2) is 4.39 Å². The van der Waals surface area contributed by atoms with Crippen LogP contribution in [0.2, 0.25) is 0 Å². The Kier molecular flexibility index (Phi) is 3.51. The minimum atomic E-state index is -3.12. The number of hydrogen-bond donors (Lipinski definition) is 0. The van der Waals surface area contributed by atoms with Crippen molar-refractivity contribution in [3.63, 3.8) is 0 Å². The first kappa shape index (κ1) is 12.0. The Bertz CT molecular complexity index is 466. The van der Waals surface area contributed by atoms with Crippen LogP contribution in [-0.2, 0) is 0 Å². The molecule has 0 aliphatic rings. The molecular formula is C10H6F3NO2. The van der Waals surface area contributed by atoms with Crippen molar-refractivity contribution in [2.75, 3.05) is 0 Å². The second kappa shape index (κ2) is 4.66. The molecule has 1 rings (SSSR count). The number of ketones is 1. The van der Waals surface area contributed by atoms with E-state index < -0.39 is 29.5 Å². The Morgan fingerprint density at radius 1 is 1.50 bits per heavy atom. The lowest BCUT2D eigenvalue weighted by molar-refractivity contribution is -0.0500. The molecule has 0 atom stereocenters. The van der Waals surface area contributed by atoms with Crippen LogP contribution in [0.4, 0.5) is 13.2 Å². The zero-order valence-corrected chi connectivity index (χ0v) is 8.13. The molecule has 0 aliphatic heterocycles. The number of halogens is 3. The van der Waals surface area contributed by atoms with Crippen LogP contribution in [0.3, 0.4) is 0 Å². The van der Waals surface area contributed by atoms with Gasteiger partial charge >= 0.3 is 6.61 Å². The summed E-state index contributed by atoms with van der Waals surface area (Å²) in [5, 5.41) is 8.59. The second-order valence-corrected chi connectivity index (χ2v) is 2.87. The smallest absolute Gasteiger partial charge is 0.387 e. The third-order valence-electron chi connectivity index (χ3n) is 1.78. The van der Waals surface area contributed by atoms with Gasteiger partial charge in [0.15, 0.2) is 5.78 Å². The zero-order valence-electron chi connectivity index (χ0n) is 8.13. The normalized spacial score (nSPS) is 10.0. The lowest BCUT2D eigenvalue weighted by Crippen LogP contribution is -2.06. The van der Waals surface area contributed by atoms with Crippen LogP contribution in [0.25, 0.3) is 0 Å². The van der Waals surface area contributed by atoms with Gasteiger partial charge in [0.1, 0.15) is 17.6 Å². The lowest BCUT2D eigenvalue weighted by atomic mass is 10.0. The van der Waals surface area contributed by atoms with E-state index in [9.17, 15) is 18.0 Å². The molecule has 0 N–H and O–H groups in total. The van der Waals surface area contributed by atoms with Gasteiger partial charge in [0.2, 0.25) is 0 Å². The van der Waals surface area contributed by atoms with Gasteiger partial charge in [0, 0.05) is 11.6 Å². The van der Waals surface area contributed by atoms with Crippen LogP contribution in [0, 0.1) is 17.1 Å². The monoisotopic (exact) mass is 229 g/mol. The SMILES string of the molecule is CC(=O)c1cc(OC(F)F)cc(F)c1C#N. The van der Waals surface area contributed by atoms with Gasteiger partial charge in [-0.1, -0.05) is 0 Å². The van der Waals surface area contributed by atoms with Gasteiger partial charge in [0.05, 0.1) is 5.56 Å². The minimum absolute atomic E-state index is 0.279. The fourth-order valence-electron chi connectivity index (χ4n) is 1.14. The quantitative estimate of drug-likeness (QED) is 0.748. The summed E-state index contributed by atoms with van der Waals surface area (Å²) in [6.45, 7) is -2.02. The highest BCUT2D eigenvalue weighted by Gasteiger charge is 2.16. The maximum atomic E-state index is 13.2. The van der Waals surface area contributed by atoms with E-state index in [-0.39, 0.29) is 5.56 Å². The standard InChI is InChI=1S/C10H6F3NO2/c1-5(15)7-2-6(16-10(12)13)3-9(11)8(7)4-14/h2-3,10H,1H3. The van der Waals surface area contributed by atoms with E-state index in [2.05, 4.69) is 4.74 Å². The summed E-state index contributed by atoms with van der Waals surface area (Å²) in [7, 11) is 0. The van der Waals surface area contributed by atoms with Crippen LogP contribution < -0.4 is 4.74 Å². The molecule has 0 heterocycles. The summed E-state index contributed by atoms with van der Waals surface area (Å²) in [5.41, 5.74) is -0.757. The predicted octanol–water partition coefficient (Wildman–Crippen LogP) is 2.50. The number of carbonyl (C=O) groups excluding carboxylic acids is 1. The Morgan fingerprint density at radius 2 is 2.12 bits per heavy atom. The van der Waals surface area contributed by atoms with Gasteiger partial charge in [-0.3, -0.25) is 4.79 Å². The number of carbonyl (C=O) groups is 1. The third-order valence-corrected chi connectivity index (χ3v) is 1.78. The Balaban J connectivity index is 3.29. The number of ether oxygens (including phenoxy) is 1. The highest BCUT2D eigenvalue weighted by atomic mass is 19.3. The average Bonchev–Trinajstić information content (AvgIpc) is 2.15. The molecule has 0 saturated heterocycles. The fourth-order valence-corrected chi connectivity index (χ4v) is 1.14. The van der Waals surface area contributed by atoms with Gasteiger partial charge in [-0.15, -0.1) is 0 Å². The summed E-state index contributed by atoms with van der Waals surface area (Å²) in [4.78, 5) is 11.1. The molecule has 16 heavy (non-hydrogen) atoms. The highest BCUT2D eigenvalue weighted by molar-refractivity contribution is 5.97. The molecule has 1 aromatic rings. The first-order valence-corrected chi connectivity index (χ1v) is 4.15. The van der Waals surface area contributed by atoms with Crippen molar-refractivity contribution in [1.29, 1.82) is 5.26 Å². The van der Waals surface area contributed by atoms with Gasteiger partial charge in [-0.2, -0.15) is 14.0 Å². The molecule has 0 radical (unpaired) electrons. The van der Waals surface area contributed by atoms with Crippen LogP contribution in [0.5, 0.6) is 5.75 Å². The molecule has 0 unspecified atom stereocenters. The van der Waals surface area contributed by atoms with Crippen molar-refractivity contribution in [3.8, 4) is 11.8 Å². The van der Waals surface area contributed by atoms with Crippen molar-refractivity contribution >= 4 is 5.78 Å². The second-order valence-electron chi connectivity index (χ2n) is 2.87. The van der Waals surface area contributed by atoms with Crippen LogP contribution in [-0.4, -0.2) is 12.4 Å². The summed E-state index contributed by atoms with van der Waals surface area (Å²) < 4.78 is 40.9. The number of hydrogen-bond acceptors (Lipinski definition) is 3. The van der Waals surface area contributed by atoms with Crippen LogP contribution in [0.1, 0.15) is 22.8 Å². The maximum Gasteiger partial charge on any atom is 0.387 e. The van der Waals surface area contributed by atoms with Crippen molar-refractivity contribution in [2.24, 2.45) is 0 Å². The van der Waals surface area contributed by atoms with Crippen LogP contribution >= 0.6 is 0 Å². The third kappa shape index (κ3) is 2.51. The maximum absolute atomic E-state index is 13.2. The van der Waals surface area contributed by atoms with Gasteiger partial charge in [0.25, 0.3) is 0 Å². The zero-order chi connectivity index (χ0) is 12.3. The topological polar surface area (TPSA) is 50.1 Å². The largest absolute Gasteiger partial charge is 0.435 e. The number of Topliss-reactive ketones (excluding diaryl/α,β-unsaturated/α-hetero) is 1. The molecule has 0 spiro atoms. The van der Waals surface area contributed by atoms with E-state index in [1.807, 2.05) is 0 Å². The van der Waals surface area contributed by atoms with E-state index in [1.54, 1.807) is 0 Å². The van der Waals surface area contributed by atoms with E-state index in [4.69, 9.17) is 5.26 Å². The summed E-state index contributed by atoms with van der Waals surface area (Å²) in [5.74, 6) is -2.15. The van der Waals surface area contributed by atoms with Crippen molar-refractivity contribution < 1.29 is 22.7 Å². The number of rotatable bonds is 3. The molecule has 1 aromatic carbocycles.